The Balaban J connectivity index is -0.000000587. The lowest BCUT2D eigenvalue weighted by Crippen LogP contribution is -2.25. The number of hydrogen-bond donors (Lipinski definition) is 2. The minimum absolute atomic E-state index is 0. The highest BCUT2D eigenvalue weighted by atomic mass is 16.7. The summed E-state index contributed by atoms with van der Waals surface area (Å²) < 4.78 is 78.1. The maximum absolute atomic E-state index is 9.84. The largest absolute Gasteiger partial charge is 0.391 e. The van der Waals surface area contributed by atoms with Crippen molar-refractivity contribution in [1.82, 2.24) is 0 Å². The van der Waals surface area contributed by atoms with Gasteiger partial charge in [-0.2, -0.15) is 0 Å². The molecule has 3 aliphatic rings. The zero-order chi connectivity index (χ0) is 73.2. The first kappa shape index (κ1) is 108. The van der Waals surface area contributed by atoms with Crippen molar-refractivity contribution in [3.63, 3.8) is 0 Å². The average Bonchev–Trinajstić information content (AvgIpc) is 1.08. The van der Waals surface area contributed by atoms with Gasteiger partial charge in [-0.3, -0.25) is 0 Å². The summed E-state index contributed by atoms with van der Waals surface area (Å²) in [4.78, 5) is 0. The Hall–Kier alpha value is -0.640. The van der Waals surface area contributed by atoms with Gasteiger partial charge < -0.3 is 76.5 Å². The van der Waals surface area contributed by atoms with Crippen LogP contribution in [0.25, 0.3) is 0 Å². The van der Waals surface area contributed by atoms with E-state index in [1.807, 2.05) is 6.92 Å². The van der Waals surface area contributed by atoms with E-state index in [2.05, 4.69) is 62.3 Å². The fourth-order valence-electron chi connectivity index (χ4n) is 11.8. The van der Waals surface area contributed by atoms with E-state index in [9.17, 15) is 10.2 Å². The number of rotatable bonds is 68. The molecule has 0 aromatic carbocycles. The van der Waals surface area contributed by atoms with Gasteiger partial charge in [0.05, 0.1) is 98.1 Å². The summed E-state index contributed by atoms with van der Waals surface area (Å²) in [5.41, 5.74) is 0. The van der Waals surface area contributed by atoms with Crippen molar-refractivity contribution in [3.8, 4) is 0 Å². The number of ether oxygens (including phenoxy) is 14. The third-order valence-electron chi connectivity index (χ3n) is 18.5. The monoisotopic (exact) mass is 1470 g/mol. The molecule has 2 heterocycles. The maximum atomic E-state index is 9.84. The third kappa shape index (κ3) is 85.0. The van der Waals surface area contributed by atoms with Crippen LogP contribution in [0, 0.1) is 11.8 Å². The zero-order valence-electron chi connectivity index (χ0n) is 67.9. The first-order chi connectivity index (χ1) is 49.2. The second-order valence-electron chi connectivity index (χ2n) is 28.4. The van der Waals surface area contributed by atoms with E-state index < -0.39 is 6.10 Å². The minimum Gasteiger partial charge on any atom is -0.391 e. The van der Waals surface area contributed by atoms with Crippen LogP contribution in [0.5, 0.6) is 0 Å². The predicted molar refractivity (Wildman–Crippen MR) is 430 cm³/mol. The fraction of sp³-hybridized carbons (Fsp3) is 1.00. The standard InChI is InChI=1S/C20H42O4.C17H34O3.C16H32O3.C16H34O3.C15H30O3.2CH4/c1-4-7-9-10-11-13-22-14-15-23-17-20(21)18-24-16-19(6-3)12-8-5-2;1-3-4-5-6-10-13-18-14-15-19-16(2)20-17-11-8-7-9-12-17;1-2-3-4-5-6-7-9-12-17-14-15-19-16-11-8-10-13-18-16;1-3-5-7-8-9-10-12-18-13-14-19-15-16(17)11-6-4-2;1-3-5-8-14(4-2)13-16-11-12-18-15-9-6-7-10-17-15;;/h19-21H,4-18H2,1-3H3;16-17H,3-15H2,1-2H3;16H,2-15H2,1H3;16-17H,3-15H2,1-2H3;14-15H,3-13H2,1-2H3;2*1H4. The van der Waals surface area contributed by atoms with Crippen LogP contribution in [-0.2, 0) is 66.3 Å². The maximum Gasteiger partial charge on any atom is 0.157 e. The number of aliphatic hydroxyl groups is 2. The van der Waals surface area contributed by atoms with Crippen molar-refractivity contribution in [2.75, 3.05) is 139 Å². The second kappa shape index (κ2) is 92.7. The van der Waals surface area contributed by atoms with Crippen molar-refractivity contribution in [2.45, 2.75) is 410 Å². The van der Waals surface area contributed by atoms with Crippen molar-refractivity contribution < 1.29 is 76.5 Å². The molecule has 0 bridgehead atoms. The predicted octanol–water partition coefficient (Wildman–Crippen LogP) is 22.5. The van der Waals surface area contributed by atoms with Crippen molar-refractivity contribution in [1.29, 1.82) is 0 Å². The van der Waals surface area contributed by atoms with Crippen molar-refractivity contribution >= 4 is 0 Å². The number of aliphatic hydroxyl groups excluding tert-OH is 2. The quantitative estimate of drug-likeness (QED) is 0.0435. The van der Waals surface area contributed by atoms with Gasteiger partial charge in [-0.1, -0.05) is 270 Å². The average molecular weight is 1470 g/mol. The molecule has 1 aliphatic carbocycles. The van der Waals surface area contributed by atoms with E-state index in [0.717, 1.165) is 110 Å². The summed E-state index contributed by atoms with van der Waals surface area (Å²) >= 11 is 0. The summed E-state index contributed by atoms with van der Waals surface area (Å²) in [7, 11) is 0. The molecule has 3 rings (SSSR count). The van der Waals surface area contributed by atoms with Crippen LogP contribution in [0.3, 0.4) is 0 Å². The van der Waals surface area contributed by atoms with Crippen LogP contribution in [0.2, 0.25) is 0 Å². The Morgan fingerprint density at radius 3 is 1.03 bits per heavy atom. The Morgan fingerprint density at radius 1 is 0.304 bits per heavy atom. The van der Waals surface area contributed by atoms with Gasteiger partial charge in [0.2, 0.25) is 0 Å². The fourth-order valence-corrected chi connectivity index (χ4v) is 11.8. The molecule has 0 aromatic rings. The van der Waals surface area contributed by atoms with Gasteiger partial charge in [-0.15, -0.1) is 0 Å². The Morgan fingerprint density at radius 2 is 0.627 bits per heavy atom. The van der Waals surface area contributed by atoms with Crippen LogP contribution in [-0.4, -0.2) is 186 Å². The SMILES string of the molecule is C.C.CCCCC(CC)COCCOC1CCCCO1.CCCCCCCCCOCCOC1CCCCO1.CCCCCCCCOCCOCC(O)CCCC.CCCCCCCOCCOC(C)OC1CCCCC1.CCCCCCCOCCOCC(O)COCC(CC)CCCC. The van der Waals surface area contributed by atoms with E-state index >= 15 is 0 Å². The Labute approximate surface area is 634 Å². The molecule has 2 N–H and O–H groups in total. The number of unbranched alkanes of at least 4 members (excludes halogenated alkanes) is 22. The molecule has 7 unspecified atom stereocenters. The van der Waals surface area contributed by atoms with Gasteiger partial charge >= 0.3 is 0 Å². The molecule has 0 amide bonds. The van der Waals surface area contributed by atoms with Gasteiger partial charge in [0.25, 0.3) is 0 Å². The first-order valence-electron chi connectivity index (χ1n) is 42.9. The van der Waals surface area contributed by atoms with Gasteiger partial charge in [0.1, 0.15) is 6.10 Å². The van der Waals surface area contributed by atoms with Crippen molar-refractivity contribution in [2.24, 2.45) is 11.8 Å². The third-order valence-corrected chi connectivity index (χ3v) is 18.5. The zero-order valence-corrected chi connectivity index (χ0v) is 67.9. The molecule has 7 atom stereocenters. The Kier molecular flexibility index (Phi) is 97.9. The lowest BCUT2D eigenvalue weighted by atomic mass is 9.98. The molecule has 1 saturated carbocycles. The van der Waals surface area contributed by atoms with Crippen LogP contribution in [0.1, 0.15) is 373 Å². The molecule has 0 radical (unpaired) electrons. The molecule has 16 heteroatoms. The number of hydrogen-bond acceptors (Lipinski definition) is 16. The van der Waals surface area contributed by atoms with Gasteiger partial charge in [0, 0.05) is 52.9 Å². The molecular formula is C86H180O16. The molecule has 0 aromatic heterocycles. The summed E-state index contributed by atoms with van der Waals surface area (Å²) in [5, 5.41) is 19.4. The molecule has 2 aliphatic heterocycles. The highest BCUT2D eigenvalue weighted by molar-refractivity contribution is 4.66. The molecule has 2 saturated heterocycles. The first-order valence-corrected chi connectivity index (χ1v) is 42.9. The Bertz CT molecular complexity index is 1440. The smallest absolute Gasteiger partial charge is 0.157 e. The molecule has 102 heavy (non-hydrogen) atoms. The van der Waals surface area contributed by atoms with Gasteiger partial charge in [-0.05, 0) is 115 Å². The van der Waals surface area contributed by atoms with Gasteiger partial charge in [0.15, 0.2) is 18.9 Å². The van der Waals surface area contributed by atoms with E-state index in [1.165, 1.54) is 238 Å². The van der Waals surface area contributed by atoms with Crippen LogP contribution in [0.15, 0.2) is 0 Å². The van der Waals surface area contributed by atoms with Gasteiger partial charge in [-0.25, -0.2) is 0 Å². The van der Waals surface area contributed by atoms with Crippen LogP contribution in [0.4, 0.5) is 0 Å². The topological polar surface area (TPSA) is 170 Å². The van der Waals surface area contributed by atoms with E-state index in [4.69, 9.17) is 66.3 Å². The molecule has 3 fully saturated rings. The minimum atomic E-state index is -0.539. The van der Waals surface area contributed by atoms with Crippen molar-refractivity contribution in [3.05, 3.63) is 0 Å². The summed E-state index contributed by atoms with van der Waals surface area (Å²) in [6.07, 6.45) is 55.6. The second-order valence-corrected chi connectivity index (χ2v) is 28.4. The summed E-state index contributed by atoms with van der Waals surface area (Å²) in [6.45, 7) is 36.3. The summed E-state index contributed by atoms with van der Waals surface area (Å²) in [6, 6.07) is 0. The lowest BCUT2D eigenvalue weighted by Gasteiger charge is -2.25. The van der Waals surface area contributed by atoms with Crippen LogP contribution < -0.4 is 0 Å². The summed E-state index contributed by atoms with van der Waals surface area (Å²) in [5.74, 6) is 1.33. The molecule has 16 nitrogen and oxygen atoms in total. The van der Waals surface area contributed by atoms with E-state index in [-0.39, 0.29) is 39.8 Å². The highest BCUT2D eigenvalue weighted by Gasteiger charge is 2.18. The molecule has 620 valence electrons. The lowest BCUT2D eigenvalue weighted by molar-refractivity contribution is -0.172. The van der Waals surface area contributed by atoms with Crippen LogP contribution >= 0.6 is 0 Å². The molecule has 0 spiro atoms. The normalized spacial score (nSPS) is 16.8. The van der Waals surface area contributed by atoms with E-state index in [1.54, 1.807) is 0 Å². The highest BCUT2D eigenvalue weighted by Crippen LogP contribution is 2.22. The molecular weight excluding hydrogens is 1290 g/mol. The van der Waals surface area contributed by atoms with E-state index in [0.29, 0.717) is 97.9 Å².